The van der Waals surface area contributed by atoms with Crippen molar-refractivity contribution < 1.29 is 22.7 Å². The van der Waals surface area contributed by atoms with Crippen LogP contribution in [0.5, 0.6) is 5.75 Å². The highest BCUT2D eigenvalue weighted by Gasteiger charge is 2.27. The first-order valence-electron chi connectivity index (χ1n) is 11.9. The van der Waals surface area contributed by atoms with Crippen LogP contribution in [0.4, 0.5) is 10.8 Å². The lowest BCUT2D eigenvalue weighted by Gasteiger charge is -2.23. The van der Waals surface area contributed by atoms with Gasteiger partial charge < -0.3 is 9.47 Å². The summed E-state index contributed by atoms with van der Waals surface area (Å²) in [7, 11) is -2.15. The number of benzene rings is 3. The minimum Gasteiger partial charge on any atom is -0.494 e. The van der Waals surface area contributed by atoms with Crippen LogP contribution in [-0.4, -0.2) is 45.7 Å². The molecule has 1 unspecified atom stereocenters. The van der Waals surface area contributed by atoms with E-state index in [9.17, 15) is 13.2 Å². The fraction of sp³-hybridized carbons (Fsp3) is 0.259. The summed E-state index contributed by atoms with van der Waals surface area (Å²) in [6.45, 7) is 2.95. The lowest BCUT2D eigenvalue weighted by Crippen LogP contribution is -2.37. The van der Waals surface area contributed by atoms with E-state index in [1.807, 2.05) is 25.1 Å². The Morgan fingerprint density at radius 3 is 2.57 bits per heavy atom. The van der Waals surface area contributed by atoms with Crippen molar-refractivity contribution >= 4 is 48.3 Å². The molecule has 4 aromatic rings. The highest BCUT2D eigenvalue weighted by Crippen LogP contribution is 2.35. The Labute approximate surface area is 219 Å². The molecular weight excluding hydrogens is 510 g/mol. The summed E-state index contributed by atoms with van der Waals surface area (Å²) in [6, 6.07) is 18.7. The van der Waals surface area contributed by atoms with Gasteiger partial charge in [-0.3, -0.25) is 14.4 Å². The number of nitrogens with zero attached hydrogens (tertiary/aromatic N) is 2. The Kier molecular flexibility index (Phi) is 7.14. The number of thiazole rings is 1. The number of anilines is 2. The maximum atomic E-state index is 13.7. The van der Waals surface area contributed by atoms with Crippen LogP contribution < -0.4 is 14.4 Å². The number of nitrogens with one attached hydrogen (secondary N) is 1. The number of hydrogen-bond acceptors (Lipinski definition) is 7. The molecule has 0 radical (unpaired) electrons. The van der Waals surface area contributed by atoms with Gasteiger partial charge in [0.15, 0.2) is 5.13 Å². The molecule has 1 atom stereocenters. The second-order valence-corrected chi connectivity index (χ2v) is 11.5. The van der Waals surface area contributed by atoms with Crippen molar-refractivity contribution in [2.45, 2.75) is 30.8 Å². The van der Waals surface area contributed by atoms with Crippen LogP contribution in [0.3, 0.4) is 0 Å². The molecule has 0 aliphatic carbocycles. The molecule has 1 saturated heterocycles. The average molecular weight is 538 g/mol. The molecule has 1 N–H and O–H groups in total. The van der Waals surface area contributed by atoms with Crippen molar-refractivity contribution in [3.63, 3.8) is 0 Å². The number of ether oxygens (including phenoxy) is 2. The first-order chi connectivity index (χ1) is 17.8. The van der Waals surface area contributed by atoms with Gasteiger partial charge in [0.1, 0.15) is 11.3 Å². The van der Waals surface area contributed by atoms with E-state index >= 15 is 0 Å². The van der Waals surface area contributed by atoms with E-state index in [1.165, 1.54) is 11.3 Å². The fourth-order valence-corrected chi connectivity index (χ4v) is 6.25. The number of methoxy groups -OCH3 is 1. The number of amides is 1. The van der Waals surface area contributed by atoms with Crippen LogP contribution in [0, 0.1) is 6.92 Å². The quantitative estimate of drug-likeness (QED) is 0.330. The average Bonchev–Trinajstić information content (AvgIpc) is 3.57. The molecule has 3 aromatic carbocycles. The number of sulfonamides is 1. The monoisotopic (exact) mass is 537 g/mol. The van der Waals surface area contributed by atoms with Crippen molar-refractivity contribution in [2.75, 3.05) is 29.9 Å². The Bertz CT molecular complexity index is 1510. The van der Waals surface area contributed by atoms with E-state index in [4.69, 9.17) is 14.5 Å². The van der Waals surface area contributed by atoms with E-state index in [0.29, 0.717) is 40.8 Å². The topological polar surface area (TPSA) is 97.8 Å². The minimum atomic E-state index is -3.74. The number of aryl methyl sites for hydroxylation is 1. The Hall–Kier alpha value is -3.47. The zero-order valence-corrected chi connectivity index (χ0v) is 22.1. The van der Waals surface area contributed by atoms with E-state index in [0.717, 1.165) is 23.1 Å². The summed E-state index contributed by atoms with van der Waals surface area (Å²) < 4.78 is 40.2. The summed E-state index contributed by atoms with van der Waals surface area (Å²) in [5.74, 6) is 0.413. The summed E-state index contributed by atoms with van der Waals surface area (Å²) >= 11 is 1.42. The van der Waals surface area contributed by atoms with Crippen molar-refractivity contribution in [1.29, 1.82) is 0 Å². The molecule has 2 heterocycles. The molecule has 8 nitrogen and oxygen atoms in total. The molecule has 1 aliphatic rings. The van der Waals surface area contributed by atoms with Crippen LogP contribution in [0.1, 0.15) is 28.8 Å². The Balaban J connectivity index is 1.41. The molecule has 10 heteroatoms. The molecule has 37 heavy (non-hydrogen) atoms. The van der Waals surface area contributed by atoms with E-state index in [1.54, 1.807) is 60.5 Å². The molecule has 1 fully saturated rings. The third kappa shape index (κ3) is 5.46. The third-order valence-corrected chi connectivity index (χ3v) is 8.63. The van der Waals surface area contributed by atoms with Crippen LogP contribution in [0.2, 0.25) is 0 Å². The van der Waals surface area contributed by atoms with Gasteiger partial charge in [-0.25, -0.2) is 13.4 Å². The largest absolute Gasteiger partial charge is 0.494 e. The van der Waals surface area contributed by atoms with Crippen LogP contribution in [0.15, 0.2) is 71.6 Å². The number of para-hydroxylation sites is 1. The van der Waals surface area contributed by atoms with Gasteiger partial charge >= 0.3 is 0 Å². The van der Waals surface area contributed by atoms with Crippen molar-refractivity contribution in [3.05, 3.63) is 77.9 Å². The number of carbonyl (C=O) groups excluding carboxylic acids is 1. The first-order valence-corrected chi connectivity index (χ1v) is 14.2. The van der Waals surface area contributed by atoms with Gasteiger partial charge in [0.05, 0.1) is 29.4 Å². The molecule has 192 valence electrons. The Morgan fingerprint density at radius 1 is 1.14 bits per heavy atom. The third-order valence-electron chi connectivity index (χ3n) is 6.19. The zero-order valence-electron chi connectivity index (χ0n) is 20.5. The predicted molar refractivity (Wildman–Crippen MR) is 145 cm³/mol. The first kappa shape index (κ1) is 25.2. The van der Waals surface area contributed by atoms with Crippen molar-refractivity contribution in [3.8, 4) is 5.75 Å². The SMILES string of the molecule is COc1cccc2sc(N(CC3CCCO3)C(=O)c3ccc(NS(=O)(=O)c4ccc(C)cc4)cc3)nc12. The van der Waals surface area contributed by atoms with Crippen molar-refractivity contribution in [1.82, 2.24) is 4.98 Å². The highest BCUT2D eigenvalue weighted by atomic mass is 32.2. The lowest BCUT2D eigenvalue weighted by atomic mass is 10.1. The molecule has 1 aromatic heterocycles. The second-order valence-electron chi connectivity index (χ2n) is 8.85. The van der Waals surface area contributed by atoms with Crippen LogP contribution in [-0.2, 0) is 14.8 Å². The van der Waals surface area contributed by atoms with Gasteiger partial charge in [-0.05, 0) is 68.3 Å². The summed E-state index contributed by atoms with van der Waals surface area (Å²) in [5.41, 5.74) is 2.46. The molecule has 1 aliphatic heterocycles. The van der Waals surface area contributed by atoms with Gasteiger partial charge in [-0.15, -0.1) is 0 Å². The number of aromatic nitrogens is 1. The summed E-state index contributed by atoms with van der Waals surface area (Å²) in [4.78, 5) is 20.2. The van der Waals surface area contributed by atoms with Crippen molar-refractivity contribution in [2.24, 2.45) is 0 Å². The zero-order chi connectivity index (χ0) is 26.0. The number of hydrogen-bond donors (Lipinski definition) is 1. The highest BCUT2D eigenvalue weighted by molar-refractivity contribution is 7.92. The maximum absolute atomic E-state index is 13.7. The summed E-state index contributed by atoms with van der Waals surface area (Å²) in [5, 5.41) is 0.559. The molecule has 1 amide bonds. The van der Waals surface area contributed by atoms with E-state index in [-0.39, 0.29) is 16.9 Å². The lowest BCUT2D eigenvalue weighted by molar-refractivity contribution is 0.0917. The maximum Gasteiger partial charge on any atom is 0.261 e. The second kappa shape index (κ2) is 10.5. The van der Waals surface area contributed by atoms with Gasteiger partial charge in [0.25, 0.3) is 15.9 Å². The molecular formula is C27H27N3O5S2. The van der Waals surface area contributed by atoms with Crippen LogP contribution in [0.25, 0.3) is 10.2 Å². The predicted octanol–water partition coefficient (Wildman–Crippen LogP) is 5.24. The minimum absolute atomic E-state index is 0.0709. The number of carbonyl (C=O) groups is 1. The molecule has 0 bridgehead atoms. The fourth-order valence-electron chi connectivity index (χ4n) is 4.20. The molecule has 0 saturated carbocycles. The van der Waals surface area contributed by atoms with Gasteiger partial charge in [0, 0.05) is 17.9 Å². The standard InChI is InChI=1S/C27H27N3O5S2/c1-18-8-14-22(15-9-18)37(32,33)29-20-12-10-19(11-13-20)26(31)30(17-21-5-4-16-35-21)27-28-25-23(34-2)6-3-7-24(25)36-27/h3,6-15,21,29H,4-5,16-17H2,1-2H3. The normalized spacial score (nSPS) is 15.6. The summed E-state index contributed by atoms with van der Waals surface area (Å²) in [6.07, 6.45) is 1.76. The van der Waals surface area contributed by atoms with Gasteiger partial charge in [0.2, 0.25) is 0 Å². The molecule has 0 spiro atoms. The van der Waals surface area contributed by atoms with E-state index < -0.39 is 10.0 Å². The number of rotatable bonds is 8. The van der Waals surface area contributed by atoms with Crippen LogP contribution >= 0.6 is 11.3 Å². The molecule has 5 rings (SSSR count). The Morgan fingerprint density at radius 2 is 1.89 bits per heavy atom. The number of fused-ring (bicyclic) bond motifs is 1. The van der Waals surface area contributed by atoms with Gasteiger partial charge in [-0.2, -0.15) is 0 Å². The smallest absolute Gasteiger partial charge is 0.261 e. The van der Waals surface area contributed by atoms with Gasteiger partial charge in [-0.1, -0.05) is 35.1 Å². The van der Waals surface area contributed by atoms with E-state index in [2.05, 4.69) is 4.72 Å².